The number of carbonyl (C=O) groups is 1. The average molecular weight is 366 g/mol. The van der Waals surface area contributed by atoms with Crippen LogP contribution >= 0.6 is 0 Å². The molecular weight excluding hydrogens is 344 g/mol. The molecule has 0 bridgehead atoms. The Morgan fingerprint density at radius 3 is 2.70 bits per heavy atom. The van der Waals surface area contributed by atoms with E-state index in [4.69, 9.17) is 0 Å². The van der Waals surface area contributed by atoms with Crippen molar-refractivity contribution < 1.29 is 15.0 Å². The van der Waals surface area contributed by atoms with Gasteiger partial charge in [0.15, 0.2) is 5.56 Å². The van der Waals surface area contributed by atoms with E-state index in [9.17, 15) is 19.8 Å². The van der Waals surface area contributed by atoms with Gasteiger partial charge in [-0.15, -0.1) is 0 Å². The van der Waals surface area contributed by atoms with Crippen LogP contribution in [0.4, 0.5) is 0 Å². The van der Waals surface area contributed by atoms with E-state index >= 15 is 0 Å². The van der Waals surface area contributed by atoms with Crippen LogP contribution in [0.2, 0.25) is 0 Å². The number of hydrogen-bond acceptors (Lipinski definition) is 3. The summed E-state index contributed by atoms with van der Waals surface area (Å²) in [5.41, 5.74) is 4.18. The van der Waals surface area contributed by atoms with Crippen molar-refractivity contribution in [3.05, 3.63) is 50.9 Å². The molecule has 0 atom stereocenters. The minimum Gasteiger partial charge on any atom is -0.506 e. The van der Waals surface area contributed by atoms with Gasteiger partial charge in [0.1, 0.15) is 5.75 Å². The van der Waals surface area contributed by atoms with Crippen LogP contribution in [0.5, 0.6) is 5.75 Å². The predicted octanol–water partition coefficient (Wildman–Crippen LogP) is 3.38. The Balaban J connectivity index is 1.98. The fourth-order valence-corrected chi connectivity index (χ4v) is 4.34. The Labute approximate surface area is 156 Å². The quantitative estimate of drug-likeness (QED) is 0.662. The summed E-state index contributed by atoms with van der Waals surface area (Å²) in [6.07, 6.45) is 4.88. The van der Waals surface area contributed by atoms with Gasteiger partial charge in [0.2, 0.25) is 0 Å². The number of nitrogens with one attached hydrogen (secondary N) is 1. The van der Waals surface area contributed by atoms with Crippen LogP contribution in [0.15, 0.2) is 23.0 Å². The minimum absolute atomic E-state index is 0.406. The molecular formula is C21H22N2O4. The molecule has 0 saturated heterocycles. The first-order valence-electron chi connectivity index (χ1n) is 9.26. The molecule has 6 nitrogen and oxygen atoms in total. The highest BCUT2D eigenvalue weighted by Gasteiger charge is 2.23. The molecule has 3 N–H and O–H groups in total. The first-order valence-corrected chi connectivity index (χ1v) is 9.26. The summed E-state index contributed by atoms with van der Waals surface area (Å²) in [7, 11) is 2.08. The van der Waals surface area contributed by atoms with Gasteiger partial charge in [0, 0.05) is 29.2 Å². The number of carboxylic acid groups (broad SMARTS) is 1. The van der Waals surface area contributed by atoms with E-state index in [-0.39, 0.29) is 0 Å². The Morgan fingerprint density at radius 2 is 2.00 bits per heavy atom. The summed E-state index contributed by atoms with van der Waals surface area (Å²) in [6, 6.07) is 5.99. The number of hydrogen-bond donors (Lipinski definition) is 3. The zero-order chi connectivity index (χ0) is 19.3. The van der Waals surface area contributed by atoms with E-state index in [2.05, 4.69) is 16.6 Å². The molecule has 0 saturated carbocycles. The van der Waals surface area contributed by atoms with Crippen molar-refractivity contribution in [2.45, 2.75) is 39.0 Å². The van der Waals surface area contributed by atoms with Crippen molar-refractivity contribution in [2.75, 3.05) is 0 Å². The lowest BCUT2D eigenvalue weighted by atomic mass is 9.94. The van der Waals surface area contributed by atoms with Crippen molar-refractivity contribution in [1.82, 2.24) is 9.55 Å². The van der Waals surface area contributed by atoms with Gasteiger partial charge in [-0.25, -0.2) is 4.79 Å². The zero-order valence-corrected chi connectivity index (χ0v) is 15.4. The highest BCUT2D eigenvalue weighted by Crippen LogP contribution is 2.36. The molecule has 1 aliphatic carbocycles. The molecule has 0 fully saturated rings. The van der Waals surface area contributed by atoms with Gasteiger partial charge < -0.3 is 19.8 Å². The van der Waals surface area contributed by atoms with Crippen molar-refractivity contribution in [3.63, 3.8) is 0 Å². The third kappa shape index (κ3) is 2.55. The Morgan fingerprint density at radius 1 is 1.26 bits per heavy atom. The average Bonchev–Trinajstić information content (AvgIpc) is 2.93. The highest BCUT2D eigenvalue weighted by atomic mass is 16.4. The number of aromatic hydroxyl groups is 1. The fraction of sp³-hybridized carbons (Fsp3) is 0.333. The van der Waals surface area contributed by atoms with Crippen LogP contribution in [0, 0.1) is 0 Å². The van der Waals surface area contributed by atoms with E-state index in [1.807, 2.05) is 25.1 Å². The third-order valence-electron chi connectivity index (χ3n) is 5.67. The second-order valence-corrected chi connectivity index (χ2v) is 7.11. The van der Waals surface area contributed by atoms with Gasteiger partial charge in [-0.05, 0) is 55.4 Å². The summed E-state index contributed by atoms with van der Waals surface area (Å²) >= 11 is 0. The number of nitrogens with zero attached hydrogens (tertiary/aromatic N) is 1. The maximum absolute atomic E-state index is 12.2. The Hall–Kier alpha value is -3.02. The molecule has 0 spiro atoms. The molecule has 27 heavy (non-hydrogen) atoms. The minimum atomic E-state index is -1.43. The third-order valence-corrected chi connectivity index (χ3v) is 5.67. The van der Waals surface area contributed by atoms with Crippen LogP contribution in [0.3, 0.4) is 0 Å². The second kappa shape index (κ2) is 6.30. The molecule has 1 aliphatic rings. The standard InChI is InChI=1S/C21H22N2O4/c1-3-12-18(22-20(25)17(19(12)24)21(26)27)11-8-9-16-14(10-11)13-6-4-5-7-15(13)23(16)2/h8-10H,3-7H2,1-2H3,(H,26,27)(H2,22,24,25). The van der Waals surface area contributed by atoms with Crippen LogP contribution in [-0.2, 0) is 26.3 Å². The molecule has 140 valence electrons. The fourth-order valence-electron chi connectivity index (χ4n) is 4.34. The topological polar surface area (TPSA) is 95.3 Å². The number of benzene rings is 1. The number of aryl methyl sites for hydroxylation is 2. The Kier molecular flexibility index (Phi) is 4.06. The number of H-pyrrole nitrogens is 1. The van der Waals surface area contributed by atoms with E-state index in [1.54, 1.807) is 0 Å². The molecule has 4 rings (SSSR count). The SMILES string of the molecule is CCc1c(-c2ccc3c(c2)c2c(n3C)CCCC2)[nH]c(=O)c(C(=O)O)c1O. The number of fused-ring (bicyclic) bond motifs is 3. The summed E-state index contributed by atoms with van der Waals surface area (Å²) < 4.78 is 2.24. The molecule has 0 unspecified atom stereocenters. The maximum atomic E-state index is 12.2. The van der Waals surface area contributed by atoms with Crippen LogP contribution in [0.25, 0.3) is 22.2 Å². The van der Waals surface area contributed by atoms with E-state index < -0.39 is 22.8 Å². The first kappa shape index (κ1) is 17.4. The number of aromatic amines is 1. The van der Waals surface area contributed by atoms with Crippen molar-refractivity contribution in [3.8, 4) is 17.0 Å². The monoisotopic (exact) mass is 366 g/mol. The molecule has 3 aromatic rings. The second-order valence-electron chi connectivity index (χ2n) is 7.11. The largest absolute Gasteiger partial charge is 0.506 e. The Bertz CT molecular complexity index is 1140. The summed E-state index contributed by atoms with van der Waals surface area (Å²) in [6.45, 7) is 1.82. The lowest BCUT2D eigenvalue weighted by Crippen LogP contribution is -2.20. The normalized spacial score (nSPS) is 13.7. The van der Waals surface area contributed by atoms with Crippen LogP contribution in [-0.4, -0.2) is 25.7 Å². The van der Waals surface area contributed by atoms with Gasteiger partial charge in [0.25, 0.3) is 5.56 Å². The highest BCUT2D eigenvalue weighted by molar-refractivity contribution is 5.93. The summed E-state index contributed by atoms with van der Waals surface area (Å²) in [5.74, 6) is -1.87. The van der Waals surface area contributed by atoms with Crippen molar-refractivity contribution in [1.29, 1.82) is 0 Å². The molecule has 2 aromatic heterocycles. The van der Waals surface area contributed by atoms with Gasteiger partial charge in [-0.1, -0.05) is 13.0 Å². The van der Waals surface area contributed by atoms with E-state index in [0.29, 0.717) is 17.7 Å². The summed E-state index contributed by atoms with van der Waals surface area (Å²) in [5, 5.41) is 20.8. The van der Waals surface area contributed by atoms with Crippen LogP contribution < -0.4 is 5.56 Å². The summed E-state index contributed by atoms with van der Waals surface area (Å²) in [4.78, 5) is 26.2. The van der Waals surface area contributed by atoms with Crippen molar-refractivity contribution in [2.24, 2.45) is 7.05 Å². The number of rotatable bonds is 3. The molecule has 2 heterocycles. The molecule has 0 radical (unpaired) electrons. The van der Waals surface area contributed by atoms with E-state index in [0.717, 1.165) is 29.3 Å². The lowest BCUT2D eigenvalue weighted by molar-refractivity contribution is 0.0691. The zero-order valence-electron chi connectivity index (χ0n) is 15.4. The van der Waals surface area contributed by atoms with Crippen molar-refractivity contribution >= 4 is 16.9 Å². The smallest absolute Gasteiger partial charge is 0.345 e. The van der Waals surface area contributed by atoms with Gasteiger partial charge in [0.05, 0.1) is 5.69 Å². The molecule has 0 amide bonds. The van der Waals surface area contributed by atoms with Gasteiger partial charge >= 0.3 is 5.97 Å². The number of aromatic nitrogens is 2. The van der Waals surface area contributed by atoms with Crippen LogP contribution in [0.1, 0.15) is 46.9 Å². The predicted molar refractivity (Wildman–Crippen MR) is 104 cm³/mol. The van der Waals surface area contributed by atoms with Gasteiger partial charge in [-0.3, -0.25) is 4.79 Å². The lowest BCUT2D eigenvalue weighted by Gasteiger charge is -2.13. The number of pyridine rings is 1. The number of carboxylic acids is 1. The maximum Gasteiger partial charge on any atom is 0.345 e. The number of aromatic carboxylic acids is 1. The van der Waals surface area contributed by atoms with E-state index in [1.165, 1.54) is 24.1 Å². The molecule has 1 aromatic carbocycles. The van der Waals surface area contributed by atoms with Gasteiger partial charge in [-0.2, -0.15) is 0 Å². The molecule has 6 heteroatoms. The molecule has 0 aliphatic heterocycles. The first-order chi connectivity index (χ1) is 12.9.